The van der Waals surface area contributed by atoms with Gasteiger partial charge in [0.15, 0.2) is 0 Å². The van der Waals surface area contributed by atoms with Gasteiger partial charge in [-0.3, -0.25) is 4.98 Å². The van der Waals surface area contributed by atoms with Crippen molar-refractivity contribution in [3.8, 4) is 0 Å². The molecule has 1 heterocycles. The van der Waals surface area contributed by atoms with Gasteiger partial charge in [-0.2, -0.15) is 0 Å². The Morgan fingerprint density at radius 1 is 0.870 bits per heavy atom. The lowest BCUT2D eigenvalue weighted by Crippen LogP contribution is -1.98. The predicted molar refractivity (Wildman–Crippen MR) is 98.8 cm³/mol. The number of pyridine rings is 1. The molecule has 0 radical (unpaired) electrons. The Bertz CT molecular complexity index is 852. The van der Waals surface area contributed by atoms with E-state index in [0.29, 0.717) is 0 Å². The molecule has 0 fully saturated rings. The number of aromatic nitrogens is 1. The van der Waals surface area contributed by atoms with Gasteiger partial charge in [0.05, 0.1) is 5.69 Å². The molecule has 0 saturated carbocycles. The van der Waals surface area contributed by atoms with Gasteiger partial charge < -0.3 is 0 Å². The summed E-state index contributed by atoms with van der Waals surface area (Å²) in [6.45, 7) is 0. The van der Waals surface area contributed by atoms with Crippen LogP contribution in [0.2, 0.25) is 0 Å². The van der Waals surface area contributed by atoms with Crippen LogP contribution in [0.15, 0.2) is 76.7 Å². The van der Waals surface area contributed by atoms with Crippen molar-refractivity contribution >= 4 is 28.1 Å². The quantitative estimate of drug-likeness (QED) is 0.558. The summed E-state index contributed by atoms with van der Waals surface area (Å²) in [5.41, 5.74) is 2.60. The highest BCUT2D eigenvalue weighted by atomic mass is 32.2. The number of hydrogen-bond donors (Lipinski definition) is 0. The standard InChI is InChI=1S/C21H19NS/c1-3-9-16(10-4-1)20-21(23-18-12-5-2-6-13-18)19-14-8-7-11-17(19)15-22-20/h2,5-9,11-15H,1,3-4,10H2. The third-order valence-corrected chi connectivity index (χ3v) is 5.44. The van der Waals surface area contributed by atoms with E-state index in [1.807, 2.05) is 18.0 Å². The van der Waals surface area contributed by atoms with Crippen molar-refractivity contribution in [1.82, 2.24) is 4.98 Å². The Kier molecular flexibility index (Phi) is 4.16. The summed E-state index contributed by atoms with van der Waals surface area (Å²) in [5.74, 6) is 0. The Hall–Kier alpha value is -2.06. The Balaban J connectivity index is 1.88. The Labute approximate surface area is 141 Å². The molecule has 1 nitrogen and oxygen atoms in total. The third kappa shape index (κ3) is 3.04. The molecule has 114 valence electrons. The lowest BCUT2D eigenvalue weighted by Gasteiger charge is -2.17. The zero-order valence-electron chi connectivity index (χ0n) is 13.0. The second kappa shape index (κ2) is 6.59. The molecule has 0 saturated heterocycles. The van der Waals surface area contributed by atoms with Crippen LogP contribution in [0.3, 0.4) is 0 Å². The fraction of sp³-hybridized carbons (Fsp3) is 0.190. The summed E-state index contributed by atoms with van der Waals surface area (Å²) in [6.07, 6.45) is 9.31. The minimum atomic E-state index is 1.15. The molecule has 4 rings (SSSR count). The molecule has 2 heteroatoms. The van der Waals surface area contributed by atoms with Gasteiger partial charge in [0.2, 0.25) is 0 Å². The lowest BCUT2D eigenvalue weighted by atomic mass is 9.96. The van der Waals surface area contributed by atoms with E-state index in [1.54, 1.807) is 0 Å². The van der Waals surface area contributed by atoms with Crippen molar-refractivity contribution in [2.45, 2.75) is 35.5 Å². The van der Waals surface area contributed by atoms with E-state index in [9.17, 15) is 0 Å². The normalized spacial score (nSPS) is 14.7. The van der Waals surface area contributed by atoms with E-state index in [0.717, 1.165) is 6.42 Å². The fourth-order valence-electron chi connectivity index (χ4n) is 3.13. The zero-order chi connectivity index (χ0) is 15.5. The molecule has 0 amide bonds. The number of fused-ring (bicyclic) bond motifs is 1. The molecule has 0 N–H and O–H groups in total. The second-order valence-corrected chi connectivity index (χ2v) is 7.00. The zero-order valence-corrected chi connectivity index (χ0v) is 13.9. The molecule has 23 heavy (non-hydrogen) atoms. The lowest BCUT2D eigenvalue weighted by molar-refractivity contribution is 0.738. The summed E-state index contributed by atoms with van der Waals surface area (Å²) >= 11 is 1.83. The van der Waals surface area contributed by atoms with Crippen LogP contribution in [0.25, 0.3) is 16.3 Å². The number of benzene rings is 2. The predicted octanol–water partition coefficient (Wildman–Crippen LogP) is 6.34. The molecule has 2 aromatic carbocycles. The van der Waals surface area contributed by atoms with Crippen LogP contribution in [-0.2, 0) is 0 Å². The van der Waals surface area contributed by atoms with E-state index in [1.165, 1.54) is 51.1 Å². The van der Waals surface area contributed by atoms with Crippen LogP contribution in [0.5, 0.6) is 0 Å². The van der Waals surface area contributed by atoms with E-state index in [-0.39, 0.29) is 0 Å². The molecule has 0 atom stereocenters. The van der Waals surface area contributed by atoms with Gasteiger partial charge in [-0.25, -0.2) is 0 Å². The molecule has 1 aliphatic rings. The van der Waals surface area contributed by atoms with E-state index < -0.39 is 0 Å². The molecular formula is C21H19NS. The van der Waals surface area contributed by atoms with Gasteiger partial charge >= 0.3 is 0 Å². The van der Waals surface area contributed by atoms with Gasteiger partial charge in [-0.15, -0.1) is 0 Å². The summed E-state index contributed by atoms with van der Waals surface area (Å²) in [7, 11) is 0. The number of hydrogen-bond acceptors (Lipinski definition) is 2. The van der Waals surface area contributed by atoms with E-state index in [2.05, 4.69) is 60.7 Å². The van der Waals surface area contributed by atoms with E-state index >= 15 is 0 Å². The maximum Gasteiger partial charge on any atom is 0.0804 e. The van der Waals surface area contributed by atoms with E-state index in [4.69, 9.17) is 4.98 Å². The SMILES string of the molecule is C1=C(c2ncc3ccccc3c2Sc2ccccc2)CCCC1. The molecule has 0 aliphatic heterocycles. The Morgan fingerprint density at radius 2 is 1.70 bits per heavy atom. The first-order chi connectivity index (χ1) is 11.4. The Morgan fingerprint density at radius 3 is 2.52 bits per heavy atom. The van der Waals surface area contributed by atoms with Gasteiger partial charge in [-0.1, -0.05) is 60.3 Å². The fourth-order valence-corrected chi connectivity index (χ4v) is 4.23. The largest absolute Gasteiger partial charge is 0.255 e. The minimum Gasteiger partial charge on any atom is -0.255 e. The van der Waals surface area contributed by atoms with Crippen LogP contribution in [0.4, 0.5) is 0 Å². The van der Waals surface area contributed by atoms with Crippen molar-refractivity contribution in [2.24, 2.45) is 0 Å². The molecule has 3 aromatic rings. The smallest absolute Gasteiger partial charge is 0.0804 e. The number of rotatable bonds is 3. The molecule has 0 bridgehead atoms. The highest BCUT2D eigenvalue weighted by Gasteiger charge is 2.16. The van der Waals surface area contributed by atoms with Crippen molar-refractivity contribution in [2.75, 3.05) is 0 Å². The van der Waals surface area contributed by atoms with Crippen molar-refractivity contribution in [3.05, 3.63) is 72.6 Å². The molecule has 1 aliphatic carbocycles. The van der Waals surface area contributed by atoms with Crippen molar-refractivity contribution < 1.29 is 0 Å². The minimum absolute atomic E-state index is 1.15. The van der Waals surface area contributed by atoms with Crippen LogP contribution in [-0.4, -0.2) is 4.98 Å². The van der Waals surface area contributed by atoms with Crippen LogP contribution < -0.4 is 0 Å². The highest BCUT2D eigenvalue weighted by molar-refractivity contribution is 7.99. The highest BCUT2D eigenvalue weighted by Crippen LogP contribution is 2.40. The third-order valence-electron chi connectivity index (χ3n) is 4.31. The average Bonchev–Trinajstić information content (AvgIpc) is 2.64. The van der Waals surface area contributed by atoms with Gasteiger partial charge in [-0.05, 0) is 48.8 Å². The maximum atomic E-state index is 4.84. The summed E-state index contributed by atoms with van der Waals surface area (Å²) in [6, 6.07) is 19.2. The van der Waals surface area contributed by atoms with Crippen LogP contribution in [0.1, 0.15) is 31.4 Å². The van der Waals surface area contributed by atoms with Crippen molar-refractivity contribution in [3.63, 3.8) is 0 Å². The first-order valence-corrected chi connectivity index (χ1v) is 9.03. The second-order valence-electron chi connectivity index (χ2n) is 5.91. The van der Waals surface area contributed by atoms with Gasteiger partial charge in [0.1, 0.15) is 0 Å². The van der Waals surface area contributed by atoms with Crippen LogP contribution >= 0.6 is 11.8 Å². The molecule has 1 aromatic heterocycles. The van der Waals surface area contributed by atoms with Crippen molar-refractivity contribution in [1.29, 1.82) is 0 Å². The van der Waals surface area contributed by atoms with Gasteiger partial charge in [0, 0.05) is 21.4 Å². The number of allylic oxidation sites excluding steroid dienone is 2. The first kappa shape index (κ1) is 14.5. The number of nitrogens with zero attached hydrogens (tertiary/aromatic N) is 1. The summed E-state index contributed by atoms with van der Waals surface area (Å²) in [4.78, 5) is 7.40. The molecule has 0 spiro atoms. The topological polar surface area (TPSA) is 12.9 Å². The maximum absolute atomic E-state index is 4.84. The summed E-state index contributed by atoms with van der Waals surface area (Å²) < 4.78 is 0. The summed E-state index contributed by atoms with van der Waals surface area (Å²) in [5, 5.41) is 2.52. The first-order valence-electron chi connectivity index (χ1n) is 8.22. The average molecular weight is 317 g/mol. The molecular weight excluding hydrogens is 298 g/mol. The van der Waals surface area contributed by atoms with Gasteiger partial charge in [0.25, 0.3) is 0 Å². The van der Waals surface area contributed by atoms with Crippen LogP contribution in [0, 0.1) is 0 Å². The molecule has 0 unspecified atom stereocenters. The monoisotopic (exact) mass is 317 g/mol.